The molecule has 3 aliphatic heterocycles. The summed E-state index contributed by atoms with van der Waals surface area (Å²) in [7, 11) is -2.41. The van der Waals surface area contributed by atoms with Gasteiger partial charge in [-0.1, -0.05) is 17.7 Å². The van der Waals surface area contributed by atoms with E-state index in [0.29, 0.717) is 0 Å². The summed E-state index contributed by atoms with van der Waals surface area (Å²) in [4.78, 5) is 19.4. The van der Waals surface area contributed by atoms with Crippen LogP contribution in [0.2, 0.25) is 0 Å². The number of carbonyl (C=O) groups excluding carboxylic acids is 1. The Morgan fingerprint density at radius 3 is 2.57 bits per heavy atom. The number of methoxy groups -OCH3 is 1. The zero-order valence-corrected chi connectivity index (χ0v) is 20.4. The quantitative estimate of drug-likeness (QED) is 0.571. The molecule has 2 bridgehead atoms. The van der Waals surface area contributed by atoms with Gasteiger partial charge in [-0.2, -0.15) is 0 Å². The third-order valence-corrected chi connectivity index (χ3v) is 8.02. The largest absolute Gasteiger partial charge is 0.497 e. The van der Waals surface area contributed by atoms with Crippen molar-refractivity contribution in [2.24, 2.45) is 5.92 Å². The molecule has 1 N–H and O–H groups in total. The molecule has 35 heavy (non-hydrogen) atoms. The fourth-order valence-electron chi connectivity index (χ4n) is 4.80. The van der Waals surface area contributed by atoms with E-state index in [1.807, 2.05) is 37.3 Å². The van der Waals surface area contributed by atoms with Gasteiger partial charge in [0.1, 0.15) is 11.9 Å². The predicted molar refractivity (Wildman–Crippen MR) is 132 cm³/mol. The summed E-state index contributed by atoms with van der Waals surface area (Å²) >= 11 is 0. The van der Waals surface area contributed by atoms with E-state index in [9.17, 15) is 13.2 Å². The van der Waals surface area contributed by atoms with E-state index >= 15 is 0 Å². The lowest BCUT2D eigenvalue weighted by molar-refractivity contribution is 0.00697. The molecule has 0 saturated carbocycles. The average Bonchev–Trinajstić information content (AvgIpc) is 2.86. The van der Waals surface area contributed by atoms with Gasteiger partial charge in [-0.25, -0.2) is 17.9 Å². The van der Waals surface area contributed by atoms with Crippen molar-refractivity contribution in [1.82, 2.24) is 14.6 Å². The molecule has 0 spiro atoms. The first-order valence-corrected chi connectivity index (χ1v) is 13.0. The number of pyridine rings is 1. The molecule has 182 valence electrons. The molecule has 0 unspecified atom stereocenters. The molecule has 4 heterocycles. The molecule has 1 amide bonds. The van der Waals surface area contributed by atoms with Crippen molar-refractivity contribution in [3.8, 4) is 5.75 Å². The van der Waals surface area contributed by atoms with Crippen LogP contribution in [0.25, 0.3) is 17.0 Å². The second kappa shape index (κ2) is 9.22. The van der Waals surface area contributed by atoms with Crippen LogP contribution < -0.4 is 9.46 Å². The molecule has 0 radical (unpaired) electrons. The zero-order chi connectivity index (χ0) is 24.6. The highest BCUT2D eigenvalue weighted by molar-refractivity contribution is 7.90. The number of hydrogen-bond donors (Lipinski definition) is 1. The highest BCUT2D eigenvalue weighted by atomic mass is 32.2. The van der Waals surface area contributed by atoms with Gasteiger partial charge in [0.05, 0.1) is 23.2 Å². The minimum atomic E-state index is -4.03. The van der Waals surface area contributed by atoms with Crippen molar-refractivity contribution in [1.29, 1.82) is 0 Å². The summed E-state index contributed by atoms with van der Waals surface area (Å²) in [6.07, 6.45) is 4.00. The Morgan fingerprint density at radius 2 is 1.86 bits per heavy atom. The Balaban J connectivity index is 1.43. The third kappa shape index (κ3) is 4.68. The van der Waals surface area contributed by atoms with Crippen molar-refractivity contribution in [2.45, 2.75) is 30.8 Å². The number of benzene rings is 2. The topological polar surface area (TPSA) is 97.8 Å². The molecule has 1 atom stereocenters. The van der Waals surface area contributed by atoms with Crippen LogP contribution in [0.15, 0.2) is 65.3 Å². The van der Waals surface area contributed by atoms with Crippen LogP contribution in [0.5, 0.6) is 5.75 Å². The smallest absolute Gasteiger partial charge is 0.421 e. The van der Waals surface area contributed by atoms with Crippen LogP contribution >= 0.6 is 0 Å². The number of piperidine rings is 3. The number of aryl methyl sites for hydroxylation is 1. The zero-order valence-electron chi connectivity index (χ0n) is 19.6. The van der Waals surface area contributed by atoms with Gasteiger partial charge in [-0.05, 0) is 67.8 Å². The van der Waals surface area contributed by atoms with Crippen molar-refractivity contribution >= 4 is 33.1 Å². The summed E-state index contributed by atoms with van der Waals surface area (Å²) in [5.74, 6) is 0.853. The van der Waals surface area contributed by atoms with E-state index in [1.54, 1.807) is 25.4 Å². The van der Waals surface area contributed by atoms with Crippen LogP contribution in [0, 0.1) is 12.8 Å². The number of fused-ring (bicyclic) bond motifs is 4. The van der Waals surface area contributed by atoms with Crippen molar-refractivity contribution in [3.63, 3.8) is 0 Å². The number of carbonyl (C=O) groups is 1. The Labute approximate surface area is 204 Å². The van der Waals surface area contributed by atoms with Crippen LogP contribution in [-0.2, 0) is 14.8 Å². The highest BCUT2D eigenvalue weighted by Gasteiger charge is 2.41. The van der Waals surface area contributed by atoms with E-state index in [-0.39, 0.29) is 10.8 Å². The monoisotopic (exact) mass is 493 g/mol. The molecular formula is C26H27N3O5S. The molecule has 3 saturated heterocycles. The lowest BCUT2D eigenvalue weighted by atomic mass is 9.82. The first kappa shape index (κ1) is 23.2. The molecule has 3 aromatic rings. The van der Waals surface area contributed by atoms with Crippen LogP contribution in [0.4, 0.5) is 4.79 Å². The summed E-state index contributed by atoms with van der Waals surface area (Å²) in [5.41, 5.74) is 3.55. The molecule has 2 aromatic carbocycles. The van der Waals surface area contributed by atoms with Gasteiger partial charge in [0, 0.05) is 30.6 Å². The number of rotatable bonds is 5. The molecule has 9 heteroatoms. The van der Waals surface area contributed by atoms with Crippen LogP contribution in [0.3, 0.4) is 0 Å². The molecule has 0 aliphatic carbocycles. The number of sulfonamides is 1. The van der Waals surface area contributed by atoms with E-state index in [4.69, 9.17) is 9.47 Å². The molecule has 8 nitrogen and oxygen atoms in total. The Morgan fingerprint density at radius 1 is 1.11 bits per heavy atom. The maximum absolute atomic E-state index is 12.8. The molecule has 6 rings (SSSR count). The summed E-state index contributed by atoms with van der Waals surface area (Å²) in [6, 6.07) is 13.9. The Bertz CT molecular complexity index is 1390. The Hall–Kier alpha value is -3.59. The van der Waals surface area contributed by atoms with Crippen molar-refractivity contribution in [2.75, 3.05) is 20.2 Å². The lowest BCUT2D eigenvalue weighted by Gasteiger charge is -2.47. The highest BCUT2D eigenvalue weighted by Crippen LogP contribution is 2.38. The minimum absolute atomic E-state index is 0.0157. The van der Waals surface area contributed by atoms with Gasteiger partial charge >= 0.3 is 6.09 Å². The van der Waals surface area contributed by atoms with E-state index in [2.05, 4.69) is 14.6 Å². The SMILES string of the molecule is COc1ccc2nccc(/C=C3/[C@H](OC(=O)NS(=O)(=O)c4ccc(C)cc4)C4CCN3CC4)c2c1. The molecule has 3 fully saturated rings. The maximum atomic E-state index is 12.8. The summed E-state index contributed by atoms with van der Waals surface area (Å²) < 4.78 is 38.6. The number of aromatic nitrogens is 1. The summed E-state index contributed by atoms with van der Waals surface area (Å²) in [5, 5.41) is 0.923. The lowest BCUT2D eigenvalue weighted by Crippen LogP contribution is -2.51. The van der Waals surface area contributed by atoms with Gasteiger partial charge in [-0.15, -0.1) is 0 Å². The molecule has 1 aromatic heterocycles. The van der Waals surface area contributed by atoms with Crippen LogP contribution in [0.1, 0.15) is 24.0 Å². The number of amides is 1. The van der Waals surface area contributed by atoms with Crippen LogP contribution in [-0.4, -0.2) is 50.7 Å². The van der Waals surface area contributed by atoms with Gasteiger partial charge in [0.2, 0.25) is 0 Å². The van der Waals surface area contributed by atoms with E-state index in [0.717, 1.165) is 59.4 Å². The second-order valence-corrected chi connectivity index (χ2v) is 10.6. The minimum Gasteiger partial charge on any atom is -0.497 e. The average molecular weight is 494 g/mol. The first-order chi connectivity index (χ1) is 16.8. The third-order valence-electron chi connectivity index (χ3n) is 6.69. The predicted octanol–water partition coefficient (Wildman–Crippen LogP) is 4.10. The molecular weight excluding hydrogens is 466 g/mol. The fraction of sp³-hybridized carbons (Fsp3) is 0.308. The van der Waals surface area contributed by atoms with E-state index < -0.39 is 22.2 Å². The number of nitrogens with zero attached hydrogens (tertiary/aromatic N) is 2. The van der Waals surface area contributed by atoms with Gasteiger partial charge < -0.3 is 14.4 Å². The number of hydrogen-bond acceptors (Lipinski definition) is 7. The van der Waals surface area contributed by atoms with Gasteiger partial charge in [0.25, 0.3) is 10.0 Å². The standard InChI is InChI=1S/C26H27N3O5S/c1-17-3-6-21(7-4-17)35(31,32)28-26(30)34-25-18-10-13-29(14-11-18)24(25)15-19-9-12-27-23-8-5-20(33-2)16-22(19)23/h3-9,12,15-16,18,25H,10-11,13-14H2,1-2H3,(H,28,30)/b24-15-/t25-/m1/s1. The molecule has 3 aliphatic rings. The van der Waals surface area contributed by atoms with Crippen molar-refractivity contribution in [3.05, 3.63) is 71.6 Å². The maximum Gasteiger partial charge on any atom is 0.421 e. The van der Waals surface area contributed by atoms with Gasteiger partial charge in [0.15, 0.2) is 0 Å². The van der Waals surface area contributed by atoms with Crippen molar-refractivity contribution < 1.29 is 22.7 Å². The van der Waals surface area contributed by atoms with Gasteiger partial charge in [-0.3, -0.25) is 4.98 Å². The number of nitrogens with one attached hydrogen (secondary N) is 1. The first-order valence-electron chi connectivity index (χ1n) is 11.5. The second-order valence-electron chi connectivity index (χ2n) is 8.92. The summed E-state index contributed by atoms with van der Waals surface area (Å²) in [6.45, 7) is 3.60. The Kier molecular flexibility index (Phi) is 6.10. The fourth-order valence-corrected chi connectivity index (χ4v) is 5.68. The normalized spacial score (nSPS) is 20.7. The number of ether oxygens (including phenoxy) is 2. The van der Waals surface area contributed by atoms with E-state index in [1.165, 1.54) is 12.1 Å².